The van der Waals surface area contributed by atoms with E-state index in [9.17, 15) is 0 Å². The number of piperidine rings is 1. The first-order valence-corrected chi connectivity index (χ1v) is 9.60. The van der Waals surface area contributed by atoms with E-state index in [4.69, 9.17) is 15.5 Å². The van der Waals surface area contributed by atoms with Crippen LogP contribution >= 0.6 is 24.0 Å². The molecule has 26 heavy (non-hydrogen) atoms. The standard InChI is InChI=1S/C20H32N4O.HI/c1-16-9-13-24(14-10-16)20(21)22-15-19(23-11-3-4-12-23)17-5-7-18(25-2)8-6-17;/h5-8,16,19H,3-4,9-15H2,1-2H3,(H2,21,22);1H. The van der Waals surface area contributed by atoms with Gasteiger partial charge in [-0.1, -0.05) is 19.1 Å². The van der Waals surface area contributed by atoms with Crippen LogP contribution in [0.3, 0.4) is 0 Å². The summed E-state index contributed by atoms with van der Waals surface area (Å²) in [4.78, 5) is 9.57. The Labute approximate surface area is 175 Å². The van der Waals surface area contributed by atoms with E-state index in [0.717, 1.165) is 44.4 Å². The Hall–Kier alpha value is -1.02. The third kappa shape index (κ3) is 5.49. The number of methoxy groups -OCH3 is 1. The summed E-state index contributed by atoms with van der Waals surface area (Å²) in [6.07, 6.45) is 4.97. The predicted molar refractivity (Wildman–Crippen MR) is 118 cm³/mol. The van der Waals surface area contributed by atoms with Gasteiger partial charge in [0.2, 0.25) is 0 Å². The van der Waals surface area contributed by atoms with E-state index >= 15 is 0 Å². The SMILES string of the molecule is COc1ccc(C(CN=C(N)N2CCC(C)CC2)N2CCCC2)cc1.I. The molecule has 0 bridgehead atoms. The highest BCUT2D eigenvalue weighted by molar-refractivity contribution is 14.0. The molecular formula is C20H33IN4O. The van der Waals surface area contributed by atoms with Crippen LogP contribution in [0.2, 0.25) is 0 Å². The Bertz CT molecular complexity index is 564. The van der Waals surface area contributed by atoms with Crippen molar-refractivity contribution in [2.75, 3.05) is 39.8 Å². The van der Waals surface area contributed by atoms with Crippen molar-refractivity contribution in [3.63, 3.8) is 0 Å². The average Bonchev–Trinajstić information content (AvgIpc) is 3.17. The lowest BCUT2D eigenvalue weighted by Gasteiger charge is -2.32. The highest BCUT2D eigenvalue weighted by Crippen LogP contribution is 2.27. The zero-order chi connectivity index (χ0) is 17.6. The Kier molecular flexibility index (Phi) is 8.47. The van der Waals surface area contributed by atoms with Gasteiger partial charge in [-0.2, -0.15) is 0 Å². The number of halogens is 1. The number of rotatable bonds is 5. The maximum Gasteiger partial charge on any atom is 0.191 e. The first-order valence-electron chi connectivity index (χ1n) is 9.60. The van der Waals surface area contributed by atoms with Crippen molar-refractivity contribution in [3.05, 3.63) is 29.8 Å². The van der Waals surface area contributed by atoms with E-state index in [2.05, 4.69) is 28.9 Å². The number of likely N-dealkylation sites (tertiary alicyclic amines) is 2. The highest BCUT2D eigenvalue weighted by Gasteiger charge is 2.24. The Balaban J connectivity index is 0.00000243. The molecule has 2 aliphatic heterocycles. The molecule has 0 saturated carbocycles. The molecule has 6 heteroatoms. The van der Waals surface area contributed by atoms with Crippen LogP contribution in [-0.4, -0.2) is 55.6 Å². The van der Waals surface area contributed by atoms with Gasteiger partial charge in [0, 0.05) is 13.1 Å². The third-order valence-electron chi connectivity index (χ3n) is 5.62. The first-order chi connectivity index (χ1) is 12.2. The zero-order valence-corrected chi connectivity index (χ0v) is 18.4. The fourth-order valence-electron chi connectivity index (χ4n) is 3.83. The molecule has 0 spiro atoms. The number of guanidine groups is 1. The van der Waals surface area contributed by atoms with Gasteiger partial charge < -0.3 is 15.4 Å². The smallest absolute Gasteiger partial charge is 0.191 e. The number of nitrogens with zero attached hydrogens (tertiary/aromatic N) is 3. The normalized spacial score (nSPS) is 20.7. The summed E-state index contributed by atoms with van der Waals surface area (Å²) in [6.45, 7) is 7.41. The lowest BCUT2D eigenvalue weighted by atomic mass is 10.00. The molecule has 2 aliphatic rings. The summed E-state index contributed by atoms with van der Waals surface area (Å²) in [7, 11) is 1.71. The van der Waals surface area contributed by atoms with Gasteiger partial charge in [0.1, 0.15) is 5.75 Å². The number of aliphatic imine (C=N–C) groups is 1. The number of benzene rings is 1. The second kappa shape index (κ2) is 10.3. The molecule has 5 nitrogen and oxygen atoms in total. The molecule has 2 heterocycles. The van der Waals surface area contributed by atoms with Crippen LogP contribution in [0.15, 0.2) is 29.3 Å². The molecule has 0 aliphatic carbocycles. The monoisotopic (exact) mass is 472 g/mol. The molecule has 2 saturated heterocycles. The molecule has 1 aromatic rings. The van der Waals surface area contributed by atoms with Gasteiger partial charge in [0.05, 0.1) is 19.7 Å². The highest BCUT2D eigenvalue weighted by atomic mass is 127. The van der Waals surface area contributed by atoms with Crippen LogP contribution in [0.4, 0.5) is 0 Å². The van der Waals surface area contributed by atoms with Crippen molar-refractivity contribution in [2.45, 2.75) is 38.6 Å². The molecule has 2 fully saturated rings. The fourth-order valence-corrected chi connectivity index (χ4v) is 3.83. The van der Waals surface area contributed by atoms with Crippen LogP contribution in [0.5, 0.6) is 5.75 Å². The van der Waals surface area contributed by atoms with Crippen molar-refractivity contribution in [1.29, 1.82) is 0 Å². The van der Waals surface area contributed by atoms with Gasteiger partial charge in [-0.3, -0.25) is 9.89 Å². The van der Waals surface area contributed by atoms with Crippen LogP contribution in [-0.2, 0) is 0 Å². The minimum absolute atomic E-state index is 0. The van der Waals surface area contributed by atoms with Gasteiger partial charge in [-0.05, 0) is 62.4 Å². The summed E-state index contributed by atoms with van der Waals surface area (Å²) < 4.78 is 5.29. The van der Waals surface area contributed by atoms with Crippen molar-refractivity contribution in [2.24, 2.45) is 16.6 Å². The van der Waals surface area contributed by atoms with Gasteiger partial charge in [0.25, 0.3) is 0 Å². The second-order valence-corrected chi connectivity index (χ2v) is 7.40. The second-order valence-electron chi connectivity index (χ2n) is 7.40. The molecule has 1 atom stereocenters. The Morgan fingerprint density at radius 1 is 1.15 bits per heavy atom. The van der Waals surface area contributed by atoms with E-state index < -0.39 is 0 Å². The number of hydrogen-bond acceptors (Lipinski definition) is 3. The van der Waals surface area contributed by atoms with Crippen LogP contribution in [0.1, 0.15) is 44.2 Å². The zero-order valence-electron chi connectivity index (χ0n) is 16.1. The summed E-state index contributed by atoms with van der Waals surface area (Å²) in [5.74, 6) is 2.42. The minimum atomic E-state index is 0. The lowest BCUT2D eigenvalue weighted by Crippen LogP contribution is -2.43. The van der Waals surface area contributed by atoms with Crippen LogP contribution in [0, 0.1) is 5.92 Å². The molecule has 0 aromatic heterocycles. The number of ether oxygens (including phenoxy) is 1. The maximum absolute atomic E-state index is 6.30. The van der Waals surface area contributed by atoms with E-state index in [0.29, 0.717) is 12.0 Å². The number of nitrogens with two attached hydrogens (primary N) is 1. The van der Waals surface area contributed by atoms with Gasteiger partial charge in [-0.25, -0.2) is 0 Å². The van der Waals surface area contributed by atoms with Crippen LogP contribution < -0.4 is 10.5 Å². The first kappa shape index (κ1) is 21.3. The van der Waals surface area contributed by atoms with Gasteiger partial charge in [-0.15, -0.1) is 24.0 Å². The Morgan fingerprint density at radius 3 is 2.35 bits per heavy atom. The number of hydrogen-bond donors (Lipinski definition) is 1. The van der Waals surface area contributed by atoms with Crippen LogP contribution in [0.25, 0.3) is 0 Å². The topological polar surface area (TPSA) is 54.1 Å². The van der Waals surface area contributed by atoms with Gasteiger partial charge in [0.15, 0.2) is 5.96 Å². The molecular weight excluding hydrogens is 439 g/mol. The summed E-state index contributed by atoms with van der Waals surface area (Å²) in [5.41, 5.74) is 7.60. The Morgan fingerprint density at radius 2 is 1.77 bits per heavy atom. The fraction of sp³-hybridized carbons (Fsp3) is 0.650. The summed E-state index contributed by atoms with van der Waals surface area (Å²) in [6, 6.07) is 8.71. The third-order valence-corrected chi connectivity index (χ3v) is 5.62. The van der Waals surface area contributed by atoms with Crippen molar-refractivity contribution < 1.29 is 4.74 Å². The summed E-state index contributed by atoms with van der Waals surface area (Å²) in [5, 5.41) is 0. The predicted octanol–water partition coefficient (Wildman–Crippen LogP) is 3.50. The maximum atomic E-state index is 6.30. The molecule has 3 rings (SSSR count). The average molecular weight is 472 g/mol. The molecule has 146 valence electrons. The van der Waals surface area contributed by atoms with E-state index in [1.807, 2.05) is 12.1 Å². The molecule has 0 amide bonds. The molecule has 2 N–H and O–H groups in total. The largest absolute Gasteiger partial charge is 0.497 e. The van der Waals surface area contributed by atoms with Gasteiger partial charge >= 0.3 is 0 Å². The molecule has 1 aromatic carbocycles. The minimum Gasteiger partial charge on any atom is -0.497 e. The lowest BCUT2D eigenvalue weighted by molar-refractivity contribution is 0.248. The van der Waals surface area contributed by atoms with Crippen molar-refractivity contribution >= 4 is 29.9 Å². The van der Waals surface area contributed by atoms with E-state index in [1.165, 1.54) is 31.2 Å². The van der Waals surface area contributed by atoms with Crippen molar-refractivity contribution in [3.8, 4) is 5.75 Å². The summed E-state index contributed by atoms with van der Waals surface area (Å²) >= 11 is 0. The quantitative estimate of drug-likeness (QED) is 0.405. The molecule has 1 unspecified atom stereocenters. The van der Waals surface area contributed by atoms with E-state index in [1.54, 1.807) is 7.11 Å². The van der Waals surface area contributed by atoms with Crippen molar-refractivity contribution in [1.82, 2.24) is 9.80 Å². The van der Waals surface area contributed by atoms with E-state index in [-0.39, 0.29) is 24.0 Å². The molecule has 0 radical (unpaired) electrons.